The molecular weight excluding hydrogens is 264 g/mol. The molecule has 0 saturated carbocycles. The SMILES string of the molecule is O=Cc1ccccc1Oc1ccc2sc(=O)oc2c1. The van der Waals surface area contributed by atoms with Crippen LogP contribution in [-0.2, 0) is 0 Å². The van der Waals surface area contributed by atoms with Gasteiger partial charge in [0.25, 0.3) is 0 Å². The number of carbonyl (C=O) groups is 1. The maximum atomic E-state index is 11.1. The van der Waals surface area contributed by atoms with Gasteiger partial charge in [-0.25, -0.2) is 4.79 Å². The monoisotopic (exact) mass is 272 g/mol. The third-order valence-electron chi connectivity index (χ3n) is 2.58. The van der Waals surface area contributed by atoms with Gasteiger partial charge in [0.15, 0.2) is 11.9 Å². The smallest absolute Gasteiger partial charge is 0.396 e. The van der Waals surface area contributed by atoms with Gasteiger partial charge in [-0.3, -0.25) is 4.79 Å². The second kappa shape index (κ2) is 4.70. The van der Waals surface area contributed by atoms with E-state index < -0.39 is 0 Å². The Morgan fingerprint density at radius 3 is 2.84 bits per heavy atom. The summed E-state index contributed by atoms with van der Waals surface area (Å²) < 4.78 is 11.4. The van der Waals surface area contributed by atoms with Gasteiger partial charge in [0, 0.05) is 6.07 Å². The Morgan fingerprint density at radius 1 is 1.16 bits per heavy atom. The van der Waals surface area contributed by atoms with Crippen LogP contribution < -0.4 is 9.68 Å². The summed E-state index contributed by atoms with van der Waals surface area (Å²) >= 11 is 1.04. The molecule has 0 amide bonds. The Bertz CT molecular complexity index is 800. The summed E-state index contributed by atoms with van der Waals surface area (Å²) in [6.07, 6.45) is 0.735. The second-order valence-electron chi connectivity index (χ2n) is 3.82. The predicted molar refractivity (Wildman–Crippen MR) is 72.3 cm³/mol. The van der Waals surface area contributed by atoms with Crippen molar-refractivity contribution in [2.75, 3.05) is 0 Å². The van der Waals surface area contributed by atoms with Gasteiger partial charge in [-0.15, -0.1) is 0 Å². The Kier molecular flexibility index (Phi) is 2.89. The summed E-state index contributed by atoms with van der Waals surface area (Å²) in [6, 6.07) is 12.0. The van der Waals surface area contributed by atoms with E-state index in [2.05, 4.69) is 0 Å². The van der Waals surface area contributed by atoms with Crippen LogP contribution >= 0.6 is 11.3 Å². The van der Waals surface area contributed by atoms with Crippen LogP contribution in [0.15, 0.2) is 51.7 Å². The van der Waals surface area contributed by atoms with Crippen LogP contribution in [0.3, 0.4) is 0 Å². The van der Waals surface area contributed by atoms with E-state index in [1.54, 1.807) is 42.5 Å². The van der Waals surface area contributed by atoms with E-state index in [0.717, 1.165) is 22.3 Å². The highest BCUT2D eigenvalue weighted by Gasteiger charge is 2.06. The fourth-order valence-corrected chi connectivity index (χ4v) is 2.36. The number of hydrogen-bond donors (Lipinski definition) is 0. The molecule has 0 bridgehead atoms. The molecule has 0 saturated heterocycles. The minimum absolute atomic E-state index is 0.347. The fourth-order valence-electron chi connectivity index (χ4n) is 1.71. The van der Waals surface area contributed by atoms with Gasteiger partial charge in [0.2, 0.25) is 0 Å². The molecule has 0 unspecified atom stereocenters. The zero-order chi connectivity index (χ0) is 13.2. The molecule has 2 aromatic carbocycles. The van der Waals surface area contributed by atoms with Crippen molar-refractivity contribution in [3.8, 4) is 11.5 Å². The largest absolute Gasteiger partial charge is 0.456 e. The number of ether oxygens (including phenoxy) is 1. The zero-order valence-electron chi connectivity index (χ0n) is 9.66. The van der Waals surface area contributed by atoms with Crippen molar-refractivity contribution in [3.63, 3.8) is 0 Å². The maximum absolute atomic E-state index is 11.1. The molecule has 0 fully saturated rings. The third kappa shape index (κ3) is 2.28. The standard InChI is InChI=1S/C14H8O4S/c15-8-9-3-1-2-4-11(9)17-10-5-6-13-12(7-10)18-14(16)19-13/h1-8H. The number of carbonyl (C=O) groups excluding carboxylic acids is 1. The number of benzene rings is 2. The molecule has 4 nitrogen and oxygen atoms in total. The Morgan fingerprint density at radius 2 is 2.00 bits per heavy atom. The van der Waals surface area contributed by atoms with E-state index in [-0.39, 0.29) is 4.94 Å². The van der Waals surface area contributed by atoms with Crippen LogP contribution in [0.2, 0.25) is 0 Å². The highest BCUT2D eigenvalue weighted by Crippen LogP contribution is 2.28. The first kappa shape index (κ1) is 11.7. The maximum Gasteiger partial charge on any atom is 0.396 e. The van der Waals surface area contributed by atoms with Gasteiger partial charge < -0.3 is 9.15 Å². The number of hydrogen-bond acceptors (Lipinski definition) is 5. The number of rotatable bonds is 3. The summed E-state index contributed by atoms with van der Waals surface area (Å²) in [5, 5.41) is 0. The van der Waals surface area contributed by atoms with E-state index in [4.69, 9.17) is 9.15 Å². The lowest BCUT2D eigenvalue weighted by atomic mass is 10.2. The quantitative estimate of drug-likeness (QED) is 0.685. The molecule has 0 N–H and O–H groups in total. The van der Waals surface area contributed by atoms with Crippen molar-refractivity contribution in [3.05, 3.63) is 57.8 Å². The van der Waals surface area contributed by atoms with Crippen molar-refractivity contribution in [2.24, 2.45) is 0 Å². The Balaban J connectivity index is 2.00. The van der Waals surface area contributed by atoms with E-state index in [0.29, 0.717) is 22.6 Å². The molecule has 3 aromatic rings. The molecular formula is C14H8O4S. The number of para-hydroxylation sites is 1. The molecule has 0 spiro atoms. The molecule has 1 heterocycles. The Hall–Kier alpha value is -2.40. The summed E-state index contributed by atoms with van der Waals surface area (Å²) in [4.78, 5) is 21.7. The van der Waals surface area contributed by atoms with Gasteiger partial charge in [-0.1, -0.05) is 23.5 Å². The van der Waals surface area contributed by atoms with Crippen molar-refractivity contribution >= 4 is 27.9 Å². The van der Waals surface area contributed by atoms with Crippen LogP contribution in [0.5, 0.6) is 11.5 Å². The molecule has 19 heavy (non-hydrogen) atoms. The summed E-state index contributed by atoms with van der Waals surface area (Å²) in [6.45, 7) is 0. The van der Waals surface area contributed by atoms with Gasteiger partial charge in [-0.05, 0) is 24.3 Å². The first-order valence-electron chi connectivity index (χ1n) is 5.52. The minimum atomic E-state index is -0.347. The zero-order valence-corrected chi connectivity index (χ0v) is 10.5. The van der Waals surface area contributed by atoms with E-state index in [9.17, 15) is 9.59 Å². The van der Waals surface area contributed by atoms with Gasteiger partial charge in [-0.2, -0.15) is 0 Å². The lowest BCUT2D eigenvalue weighted by molar-refractivity contribution is 0.112. The second-order valence-corrected chi connectivity index (χ2v) is 4.80. The van der Waals surface area contributed by atoms with Gasteiger partial charge >= 0.3 is 4.94 Å². The van der Waals surface area contributed by atoms with Crippen molar-refractivity contribution in [1.29, 1.82) is 0 Å². The van der Waals surface area contributed by atoms with Crippen molar-refractivity contribution < 1.29 is 13.9 Å². The summed E-state index contributed by atoms with van der Waals surface area (Å²) in [5.41, 5.74) is 0.949. The summed E-state index contributed by atoms with van der Waals surface area (Å²) in [7, 11) is 0. The molecule has 0 aliphatic carbocycles. The predicted octanol–water partition coefficient (Wildman–Crippen LogP) is 3.46. The first-order chi connectivity index (χ1) is 9.26. The van der Waals surface area contributed by atoms with Gasteiger partial charge in [0.05, 0.1) is 10.3 Å². The molecule has 94 valence electrons. The highest BCUT2D eigenvalue weighted by molar-refractivity contribution is 7.16. The average molecular weight is 272 g/mol. The molecule has 1 aromatic heterocycles. The number of aldehydes is 1. The highest BCUT2D eigenvalue weighted by atomic mass is 32.1. The Labute approximate surface area is 111 Å². The lowest BCUT2D eigenvalue weighted by Gasteiger charge is -2.07. The molecule has 3 rings (SSSR count). The van der Waals surface area contributed by atoms with Crippen molar-refractivity contribution in [1.82, 2.24) is 0 Å². The van der Waals surface area contributed by atoms with E-state index in [1.165, 1.54) is 0 Å². The fraction of sp³-hybridized carbons (Fsp3) is 0. The molecule has 0 aliphatic heterocycles. The normalized spacial score (nSPS) is 10.5. The van der Waals surface area contributed by atoms with Crippen LogP contribution in [0.4, 0.5) is 0 Å². The average Bonchev–Trinajstić information content (AvgIpc) is 2.79. The number of fused-ring (bicyclic) bond motifs is 1. The van der Waals surface area contributed by atoms with E-state index in [1.807, 2.05) is 0 Å². The van der Waals surface area contributed by atoms with Crippen molar-refractivity contribution in [2.45, 2.75) is 0 Å². The first-order valence-corrected chi connectivity index (χ1v) is 6.34. The lowest BCUT2D eigenvalue weighted by Crippen LogP contribution is -1.89. The van der Waals surface area contributed by atoms with Crippen LogP contribution in [0.1, 0.15) is 10.4 Å². The topological polar surface area (TPSA) is 56.5 Å². The van der Waals surface area contributed by atoms with E-state index >= 15 is 0 Å². The van der Waals surface area contributed by atoms with Crippen LogP contribution in [-0.4, -0.2) is 6.29 Å². The third-order valence-corrected chi connectivity index (χ3v) is 3.38. The summed E-state index contributed by atoms with van der Waals surface area (Å²) in [5.74, 6) is 0.984. The molecule has 5 heteroatoms. The molecule has 0 aliphatic rings. The van der Waals surface area contributed by atoms with Crippen LogP contribution in [0.25, 0.3) is 10.3 Å². The molecule has 0 atom stereocenters. The minimum Gasteiger partial charge on any atom is -0.456 e. The van der Waals surface area contributed by atoms with Gasteiger partial charge in [0.1, 0.15) is 11.5 Å². The van der Waals surface area contributed by atoms with Crippen LogP contribution in [0, 0.1) is 0 Å². The molecule has 0 radical (unpaired) electrons.